The van der Waals surface area contributed by atoms with Crippen LogP contribution in [0.25, 0.3) is 22.2 Å². The van der Waals surface area contributed by atoms with E-state index in [0.29, 0.717) is 11.2 Å². The summed E-state index contributed by atoms with van der Waals surface area (Å²) in [4.78, 5) is 15.6. The minimum Gasteiger partial charge on any atom is -0.366 e. The fourth-order valence-electron chi connectivity index (χ4n) is 2.02. The van der Waals surface area contributed by atoms with Crippen molar-refractivity contribution in [1.29, 1.82) is 0 Å². The highest BCUT2D eigenvalue weighted by atomic mass is 16.1. The molecular weight excluding hydrogens is 228 g/mol. The summed E-state index contributed by atoms with van der Waals surface area (Å²) in [5.74, 6) is -0.445. The molecule has 18 heavy (non-hydrogen) atoms. The van der Waals surface area contributed by atoms with Gasteiger partial charge in [0.1, 0.15) is 0 Å². The summed E-state index contributed by atoms with van der Waals surface area (Å²) in [5, 5.41) is 7.63. The molecule has 0 aliphatic carbocycles. The number of hydrogen-bond donors (Lipinski definition) is 2. The Hall–Kier alpha value is -2.69. The average molecular weight is 238 g/mol. The monoisotopic (exact) mass is 238 g/mol. The Bertz CT molecular complexity index is 732. The first-order valence-electron chi connectivity index (χ1n) is 5.44. The second kappa shape index (κ2) is 3.96. The summed E-state index contributed by atoms with van der Waals surface area (Å²) in [7, 11) is 0. The molecule has 0 atom stereocenters. The molecule has 5 nitrogen and oxygen atoms in total. The predicted octanol–water partition coefficient (Wildman–Crippen LogP) is 1.72. The average Bonchev–Trinajstić information content (AvgIpc) is 2.86. The molecule has 2 heterocycles. The first-order valence-corrected chi connectivity index (χ1v) is 5.44. The minimum atomic E-state index is -0.445. The highest BCUT2D eigenvalue weighted by molar-refractivity contribution is 6.03. The van der Waals surface area contributed by atoms with E-state index in [1.807, 2.05) is 18.2 Å². The van der Waals surface area contributed by atoms with Gasteiger partial charge in [-0.25, -0.2) is 4.98 Å². The predicted molar refractivity (Wildman–Crippen MR) is 67.8 cm³/mol. The van der Waals surface area contributed by atoms with Crippen LogP contribution in [0.15, 0.2) is 42.7 Å². The van der Waals surface area contributed by atoms with Gasteiger partial charge in [-0.1, -0.05) is 18.2 Å². The largest absolute Gasteiger partial charge is 0.366 e. The van der Waals surface area contributed by atoms with Crippen molar-refractivity contribution < 1.29 is 4.79 Å². The number of hydrogen-bond acceptors (Lipinski definition) is 3. The number of nitrogens with two attached hydrogens (primary N) is 1. The number of nitrogens with one attached hydrogen (secondary N) is 1. The van der Waals surface area contributed by atoms with Crippen LogP contribution >= 0.6 is 0 Å². The highest BCUT2D eigenvalue weighted by Gasteiger charge is 2.12. The number of aromatic nitrogens is 3. The lowest BCUT2D eigenvalue weighted by Gasteiger charge is -2.07. The van der Waals surface area contributed by atoms with Gasteiger partial charge in [0.2, 0.25) is 5.91 Å². The van der Waals surface area contributed by atoms with Gasteiger partial charge in [-0.2, -0.15) is 5.10 Å². The van der Waals surface area contributed by atoms with Crippen LogP contribution in [0.3, 0.4) is 0 Å². The van der Waals surface area contributed by atoms with Crippen LogP contribution in [-0.4, -0.2) is 21.1 Å². The molecule has 0 spiro atoms. The summed E-state index contributed by atoms with van der Waals surface area (Å²) >= 11 is 0. The lowest BCUT2D eigenvalue weighted by molar-refractivity contribution is 0.100. The van der Waals surface area contributed by atoms with E-state index in [-0.39, 0.29) is 0 Å². The van der Waals surface area contributed by atoms with Gasteiger partial charge in [-0.3, -0.25) is 9.89 Å². The summed E-state index contributed by atoms with van der Waals surface area (Å²) in [5.41, 5.74) is 8.25. The van der Waals surface area contributed by atoms with E-state index in [0.717, 1.165) is 16.5 Å². The van der Waals surface area contributed by atoms with Gasteiger partial charge < -0.3 is 5.73 Å². The van der Waals surface area contributed by atoms with Gasteiger partial charge in [-0.05, 0) is 23.3 Å². The molecule has 88 valence electrons. The van der Waals surface area contributed by atoms with Gasteiger partial charge >= 0.3 is 0 Å². The number of rotatable bonds is 2. The normalized spacial score (nSPS) is 10.7. The standard InChI is InChI=1S/C13H10N4O/c14-12(18)10-4-2-1-3-8(10)9-5-6-15-13-11(9)7-16-17-13/h1-7H,(H2,14,18)(H,15,16,17). The number of nitrogens with zero attached hydrogens (tertiary/aromatic N) is 2. The number of fused-ring (bicyclic) bond motifs is 1. The molecule has 0 aliphatic rings. The number of carbonyl (C=O) groups excluding carboxylic acids is 1. The molecule has 0 fully saturated rings. The van der Waals surface area contributed by atoms with Crippen molar-refractivity contribution in [1.82, 2.24) is 15.2 Å². The molecule has 0 unspecified atom stereocenters. The zero-order valence-corrected chi connectivity index (χ0v) is 9.42. The second-order valence-electron chi connectivity index (χ2n) is 3.90. The molecular formula is C13H10N4O. The molecule has 1 aromatic carbocycles. The van der Waals surface area contributed by atoms with Gasteiger partial charge in [0.15, 0.2) is 5.65 Å². The Balaban J connectivity index is 2.33. The molecule has 0 bridgehead atoms. The van der Waals surface area contributed by atoms with Gasteiger partial charge in [0, 0.05) is 17.1 Å². The lowest BCUT2D eigenvalue weighted by Crippen LogP contribution is -2.12. The van der Waals surface area contributed by atoms with Crippen molar-refractivity contribution in [3.8, 4) is 11.1 Å². The second-order valence-corrected chi connectivity index (χ2v) is 3.90. The van der Waals surface area contributed by atoms with Crippen LogP contribution in [0.4, 0.5) is 0 Å². The van der Waals surface area contributed by atoms with Gasteiger partial charge in [-0.15, -0.1) is 0 Å². The topological polar surface area (TPSA) is 84.7 Å². The number of primary amides is 1. The number of H-pyrrole nitrogens is 1. The number of carbonyl (C=O) groups is 1. The zero-order chi connectivity index (χ0) is 12.5. The third-order valence-electron chi connectivity index (χ3n) is 2.84. The Labute approximate surface area is 103 Å². The molecule has 3 aromatic rings. The summed E-state index contributed by atoms with van der Waals surface area (Å²) < 4.78 is 0. The van der Waals surface area contributed by atoms with E-state index in [4.69, 9.17) is 5.73 Å². The zero-order valence-electron chi connectivity index (χ0n) is 9.42. The van der Waals surface area contributed by atoms with Crippen LogP contribution in [0.5, 0.6) is 0 Å². The van der Waals surface area contributed by atoms with E-state index in [1.165, 1.54) is 0 Å². The van der Waals surface area contributed by atoms with Crippen molar-refractivity contribution >= 4 is 16.9 Å². The first kappa shape index (κ1) is 10.5. The minimum absolute atomic E-state index is 0.445. The molecule has 0 saturated carbocycles. The third-order valence-corrected chi connectivity index (χ3v) is 2.84. The summed E-state index contributed by atoms with van der Waals surface area (Å²) in [6.07, 6.45) is 3.36. The first-order chi connectivity index (χ1) is 8.77. The van der Waals surface area contributed by atoms with Crippen LogP contribution in [0.2, 0.25) is 0 Å². The van der Waals surface area contributed by atoms with Crippen molar-refractivity contribution in [2.75, 3.05) is 0 Å². The molecule has 0 radical (unpaired) electrons. The van der Waals surface area contributed by atoms with E-state index < -0.39 is 5.91 Å². The maximum atomic E-state index is 11.5. The van der Waals surface area contributed by atoms with Crippen LogP contribution < -0.4 is 5.73 Å². The van der Waals surface area contributed by atoms with Crippen molar-refractivity contribution in [3.63, 3.8) is 0 Å². The Morgan fingerprint density at radius 2 is 2.00 bits per heavy atom. The number of amides is 1. The molecule has 3 N–H and O–H groups in total. The van der Waals surface area contributed by atoms with Gasteiger partial charge in [0.05, 0.1) is 6.20 Å². The maximum Gasteiger partial charge on any atom is 0.249 e. The number of benzene rings is 1. The smallest absolute Gasteiger partial charge is 0.249 e. The van der Waals surface area contributed by atoms with E-state index in [9.17, 15) is 4.79 Å². The Kier molecular flexibility index (Phi) is 2.30. The number of pyridine rings is 1. The van der Waals surface area contributed by atoms with Crippen LogP contribution in [0, 0.1) is 0 Å². The third kappa shape index (κ3) is 1.53. The van der Waals surface area contributed by atoms with Crippen molar-refractivity contribution in [2.45, 2.75) is 0 Å². The quantitative estimate of drug-likeness (QED) is 0.712. The van der Waals surface area contributed by atoms with E-state index >= 15 is 0 Å². The Morgan fingerprint density at radius 1 is 1.17 bits per heavy atom. The number of aromatic amines is 1. The lowest BCUT2D eigenvalue weighted by atomic mass is 9.98. The molecule has 0 aliphatic heterocycles. The summed E-state index contributed by atoms with van der Waals surface area (Å²) in [6.45, 7) is 0. The van der Waals surface area contributed by atoms with Gasteiger partial charge in [0.25, 0.3) is 0 Å². The molecule has 5 heteroatoms. The molecule has 2 aromatic heterocycles. The fourth-order valence-corrected chi connectivity index (χ4v) is 2.02. The highest BCUT2D eigenvalue weighted by Crippen LogP contribution is 2.28. The van der Waals surface area contributed by atoms with Crippen LogP contribution in [0.1, 0.15) is 10.4 Å². The fraction of sp³-hybridized carbons (Fsp3) is 0. The van der Waals surface area contributed by atoms with E-state index in [1.54, 1.807) is 24.5 Å². The summed E-state index contributed by atoms with van der Waals surface area (Å²) in [6, 6.07) is 9.08. The van der Waals surface area contributed by atoms with E-state index in [2.05, 4.69) is 15.2 Å². The molecule has 3 rings (SSSR count). The molecule has 1 amide bonds. The van der Waals surface area contributed by atoms with Crippen molar-refractivity contribution in [3.05, 3.63) is 48.3 Å². The maximum absolute atomic E-state index is 11.5. The van der Waals surface area contributed by atoms with Crippen molar-refractivity contribution in [2.24, 2.45) is 5.73 Å². The molecule has 0 saturated heterocycles. The van der Waals surface area contributed by atoms with Crippen LogP contribution in [-0.2, 0) is 0 Å². The Morgan fingerprint density at radius 3 is 2.83 bits per heavy atom. The SMILES string of the molecule is NC(=O)c1ccccc1-c1ccnc2[nH]ncc12.